The highest BCUT2D eigenvalue weighted by atomic mass is 32.2. The number of aryl methyl sites for hydroxylation is 7. The van der Waals surface area contributed by atoms with Crippen LogP contribution >= 0.6 is 11.3 Å². The van der Waals surface area contributed by atoms with Crippen molar-refractivity contribution in [3.8, 4) is 11.2 Å². The number of carbonyl (C=O) groups is 1. The molecule has 0 bridgehead atoms. The summed E-state index contributed by atoms with van der Waals surface area (Å²) in [5.74, 6) is 0.207. The van der Waals surface area contributed by atoms with Gasteiger partial charge in [0.15, 0.2) is 11.6 Å². The number of aromatic nitrogens is 4. The third-order valence-electron chi connectivity index (χ3n) is 10.0. The van der Waals surface area contributed by atoms with Crippen LogP contribution in [-0.2, 0) is 20.2 Å². The Morgan fingerprint density at radius 3 is 2.13 bits per heavy atom. The first-order valence-corrected chi connectivity index (χ1v) is 21.7. The Labute approximate surface area is 355 Å². The molecule has 0 aliphatic rings. The van der Waals surface area contributed by atoms with E-state index in [1.807, 2.05) is 54.7 Å². The van der Waals surface area contributed by atoms with Gasteiger partial charge in [0.25, 0.3) is 0 Å². The molecule has 0 saturated heterocycles. The van der Waals surface area contributed by atoms with Crippen LogP contribution in [0, 0.1) is 59.8 Å². The Balaban J connectivity index is 1.50. The molecule has 3 N–H and O–H groups in total. The van der Waals surface area contributed by atoms with Gasteiger partial charge in [-0.3, -0.25) is 4.79 Å². The number of nitriles is 1. The van der Waals surface area contributed by atoms with Crippen molar-refractivity contribution in [3.05, 3.63) is 98.7 Å². The molecule has 0 saturated carbocycles. The molecule has 0 radical (unpaired) electrons. The topological polar surface area (TPSA) is 191 Å². The van der Waals surface area contributed by atoms with Crippen molar-refractivity contribution in [1.29, 1.82) is 5.26 Å². The van der Waals surface area contributed by atoms with E-state index in [0.29, 0.717) is 38.4 Å². The molecule has 3 aromatic heterocycles. The van der Waals surface area contributed by atoms with Crippen LogP contribution in [0.1, 0.15) is 84.3 Å². The minimum absolute atomic E-state index is 0.0419. The summed E-state index contributed by atoms with van der Waals surface area (Å²) in [6.45, 7) is 21.7. The second-order valence-corrected chi connectivity index (χ2v) is 19.2. The first-order valence-electron chi connectivity index (χ1n) is 19.4. The van der Waals surface area contributed by atoms with Crippen molar-refractivity contribution in [2.75, 3.05) is 17.3 Å². The fourth-order valence-corrected chi connectivity index (χ4v) is 9.80. The molecule has 3 aromatic carbocycles. The molecule has 312 valence electrons. The Morgan fingerprint density at radius 2 is 1.55 bits per heavy atom. The number of pyridine rings is 1. The maximum atomic E-state index is 13.2. The first-order chi connectivity index (χ1) is 28.1. The average molecular weight is 847 g/mol. The molecule has 1 unspecified atom stereocenters. The lowest BCUT2D eigenvalue weighted by atomic mass is 9.90. The van der Waals surface area contributed by atoms with Gasteiger partial charge in [0.2, 0.25) is 15.2 Å². The Kier molecular flexibility index (Phi) is 12.0. The normalized spacial score (nSPS) is 12.6. The number of benzene rings is 3. The summed E-state index contributed by atoms with van der Waals surface area (Å²) in [6, 6.07) is 16.4. The SMILES string of the molecule is Cc1cc(C)c(Nc2nc(N(C)c3c(C)cc(C)cc3C)cc(C)c2N=Nc2c(C#N)c(C(C)(C)C)nn2-c2nc3ccc(S(=O)(=O)NC(C)CC(=O)O)cc3s2)c(C)c1. The molecular formula is C44H50N10O4S2. The van der Waals surface area contributed by atoms with Crippen LogP contribution in [0.5, 0.6) is 0 Å². The van der Waals surface area contributed by atoms with Crippen molar-refractivity contribution in [2.45, 2.75) is 98.9 Å². The van der Waals surface area contributed by atoms with Crippen molar-refractivity contribution in [2.24, 2.45) is 10.2 Å². The number of sulfonamides is 1. The maximum Gasteiger partial charge on any atom is 0.304 e. The van der Waals surface area contributed by atoms with Crippen LogP contribution in [0.3, 0.4) is 0 Å². The zero-order chi connectivity index (χ0) is 44.0. The molecule has 0 fully saturated rings. The molecular weight excluding hydrogens is 797 g/mol. The molecule has 16 heteroatoms. The Bertz CT molecular complexity index is 2820. The van der Waals surface area contributed by atoms with Gasteiger partial charge < -0.3 is 15.3 Å². The lowest BCUT2D eigenvalue weighted by Crippen LogP contribution is -2.34. The van der Waals surface area contributed by atoms with Gasteiger partial charge in [-0.1, -0.05) is 67.5 Å². The quantitative estimate of drug-likeness (QED) is 0.0999. The van der Waals surface area contributed by atoms with E-state index in [9.17, 15) is 18.5 Å². The van der Waals surface area contributed by atoms with Gasteiger partial charge in [0.1, 0.15) is 23.1 Å². The summed E-state index contributed by atoms with van der Waals surface area (Å²) in [5, 5.41) is 38.1. The largest absolute Gasteiger partial charge is 0.481 e. The number of nitrogens with zero attached hydrogens (tertiary/aromatic N) is 8. The third-order valence-corrected chi connectivity index (χ3v) is 12.6. The number of azo groups is 1. The van der Waals surface area contributed by atoms with Crippen molar-refractivity contribution < 1.29 is 18.3 Å². The van der Waals surface area contributed by atoms with Crippen LogP contribution in [0.25, 0.3) is 15.3 Å². The summed E-state index contributed by atoms with van der Waals surface area (Å²) in [6.07, 6.45) is -0.369. The van der Waals surface area contributed by atoms with Gasteiger partial charge in [0, 0.05) is 29.9 Å². The van der Waals surface area contributed by atoms with Crippen LogP contribution in [-0.4, -0.2) is 52.3 Å². The van der Waals surface area contributed by atoms with Gasteiger partial charge in [0.05, 0.1) is 27.2 Å². The number of carboxylic acids is 1. The van der Waals surface area contributed by atoms with Crippen molar-refractivity contribution in [3.63, 3.8) is 0 Å². The number of fused-ring (bicyclic) bond motifs is 1. The molecule has 0 amide bonds. The lowest BCUT2D eigenvalue weighted by Gasteiger charge is -2.25. The molecule has 14 nitrogen and oxygen atoms in total. The van der Waals surface area contributed by atoms with E-state index >= 15 is 0 Å². The highest BCUT2D eigenvalue weighted by molar-refractivity contribution is 7.89. The predicted molar refractivity (Wildman–Crippen MR) is 238 cm³/mol. The number of anilines is 4. The van der Waals surface area contributed by atoms with Gasteiger partial charge >= 0.3 is 5.97 Å². The monoisotopic (exact) mass is 846 g/mol. The minimum Gasteiger partial charge on any atom is -0.481 e. The number of carboxylic acid groups (broad SMARTS) is 1. The third kappa shape index (κ3) is 8.93. The van der Waals surface area contributed by atoms with E-state index in [2.05, 4.69) is 73.0 Å². The molecule has 0 aliphatic heterocycles. The number of rotatable bonds is 12. The fraction of sp³-hybridized carbons (Fsp3) is 0.341. The van der Waals surface area contributed by atoms with Gasteiger partial charge in [-0.25, -0.2) is 23.1 Å². The summed E-state index contributed by atoms with van der Waals surface area (Å²) < 4.78 is 30.8. The summed E-state index contributed by atoms with van der Waals surface area (Å²) in [4.78, 5) is 23.1. The highest BCUT2D eigenvalue weighted by Crippen LogP contribution is 2.41. The maximum absolute atomic E-state index is 13.2. The summed E-state index contributed by atoms with van der Waals surface area (Å²) in [7, 11) is -2.04. The van der Waals surface area contributed by atoms with Crippen LogP contribution < -0.4 is 14.9 Å². The standard InChI is InChI=1S/C44H50N10O4S2/c1-23-15-25(3)37(26(4)16-23)48-41-38(27(5)19-35(47-41)53(12)39-28(6)17-24(2)18-29(39)7)49-50-42-32(22-45)40(44(9,10)11)51-54(42)43-46-33-14-13-31(21-34(33)59-43)60(57,58)52-30(8)20-36(55)56/h13-19,21,30,52H,20H2,1-12H3,(H,47,48)(H,55,56). The zero-order valence-corrected chi connectivity index (χ0v) is 37.6. The second kappa shape index (κ2) is 16.6. The van der Waals surface area contributed by atoms with Crippen LogP contribution in [0.4, 0.5) is 34.5 Å². The molecule has 60 heavy (non-hydrogen) atoms. The smallest absolute Gasteiger partial charge is 0.304 e. The van der Waals surface area contributed by atoms with E-state index in [4.69, 9.17) is 30.4 Å². The Hall–Kier alpha value is -6.02. The number of hydrogen-bond acceptors (Lipinski definition) is 12. The number of thiazole rings is 1. The summed E-state index contributed by atoms with van der Waals surface area (Å²) in [5.41, 5.74) is 10.5. The van der Waals surface area contributed by atoms with E-state index in [-0.39, 0.29) is 22.7 Å². The zero-order valence-electron chi connectivity index (χ0n) is 36.0. The molecule has 1 atom stereocenters. The van der Waals surface area contributed by atoms with Crippen LogP contribution in [0.15, 0.2) is 63.7 Å². The summed E-state index contributed by atoms with van der Waals surface area (Å²) >= 11 is 1.17. The molecule has 6 rings (SSSR count). The molecule has 0 spiro atoms. The molecule has 0 aliphatic carbocycles. The fourth-order valence-electron chi connectivity index (χ4n) is 7.49. The van der Waals surface area contributed by atoms with Gasteiger partial charge in [-0.15, -0.1) is 10.2 Å². The number of nitrogens with one attached hydrogen (secondary N) is 2. The van der Waals surface area contributed by atoms with Crippen molar-refractivity contribution in [1.82, 2.24) is 24.5 Å². The van der Waals surface area contributed by atoms with E-state index in [1.54, 1.807) is 6.07 Å². The average Bonchev–Trinajstić information content (AvgIpc) is 3.72. The lowest BCUT2D eigenvalue weighted by molar-refractivity contribution is -0.137. The number of aliphatic carboxylic acids is 1. The molecule has 6 aromatic rings. The van der Waals surface area contributed by atoms with E-state index in [0.717, 1.165) is 44.8 Å². The highest BCUT2D eigenvalue weighted by Gasteiger charge is 2.30. The van der Waals surface area contributed by atoms with Crippen LogP contribution in [0.2, 0.25) is 0 Å². The Morgan fingerprint density at radius 1 is 0.933 bits per heavy atom. The van der Waals surface area contributed by atoms with E-state index in [1.165, 1.54) is 40.6 Å². The van der Waals surface area contributed by atoms with Gasteiger partial charge in [-0.05, 0) is 107 Å². The predicted octanol–water partition coefficient (Wildman–Crippen LogP) is 10.3. The van der Waals surface area contributed by atoms with Crippen molar-refractivity contribution >= 4 is 72.1 Å². The van der Waals surface area contributed by atoms with E-state index < -0.39 is 27.4 Å². The molecule has 3 heterocycles. The number of hydrogen-bond donors (Lipinski definition) is 3. The van der Waals surface area contributed by atoms with Gasteiger partial charge in [-0.2, -0.15) is 15.0 Å². The minimum atomic E-state index is -4.04. The first kappa shape index (κ1) is 43.6. The second-order valence-electron chi connectivity index (χ2n) is 16.5.